The Balaban J connectivity index is 2.20. The Morgan fingerprint density at radius 3 is 2.72 bits per heavy atom. The molecule has 0 spiro atoms. The molecule has 5 heteroatoms. The van der Waals surface area contributed by atoms with Crippen LogP contribution in [0, 0.1) is 0 Å². The number of nitrogens with two attached hydrogens (primary N) is 1. The predicted molar refractivity (Wildman–Crippen MR) is 73.6 cm³/mol. The number of anilines is 1. The number of halogens is 1. The van der Waals surface area contributed by atoms with Gasteiger partial charge in [-0.25, -0.2) is 0 Å². The van der Waals surface area contributed by atoms with Gasteiger partial charge in [0, 0.05) is 10.6 Å². The summed E-state index contributed by atoms with van der Waals surface area (Å²) in [4.78, 5) is 12.3. The zero-order valence-electron chi connectivity index (χ0n) is 10.4. The van der Waals surface area contributed by atoms with E-state index >= 15 is 0 Å². The third-order valence-electron chi connectivity index (χ3n) is 3.75. The van der Waals surface area contributed by atoms with Gasteiger partial charge in [0.25, 0.3) is 5.91 Å². The summed E-state index contributed by atoms with van der Waals surface area (Å²) in [5, 5.41) is 3.63. The van der Waals surface area contributed by atoms with E-state index in [1.54, 1.807) is 18.2 Å². The second kappa shape index (κ2) is 5.16. The highest BCUT2D eigenvalue weighted by Gasteiger charge is 2.36. The maximum atomic E-state index is 12.3. The van der Waals surface area contributed by atoms with Crippen molar-refractivity contribution in [3.63, 3.8) is 0 Å². The van der Waals surface area contributed by atoms with Crippen LogP contribution >= 0.6 is 11.6 Å². The molecule has 0 unspecified atom stereocenters. The number of nitrogen functional groups attached to an aromatic ring is 1. The third-order valence-corrected chi connectivity index (χ3v) is 3.98. The lowest BCUT2D eigenvalue weighted by Gasteiger charge is -2.42. The van der Waals surface area contributed by atoms with Gasteiger partial charge in [-0.1, -0.05) is 18.5 Å². The molecule has 0 aliphatic heterocycles. The number of hydrogen-bond acceptors (Lipinski definition) is 3. The number of carbonyl (C=O) groups excluding carboxylic acids is 1. The van der Waals surface area contributed by atoms with Gasteiger partial charge in [-0.2, -0.15) is 0 Å². The number of amides is 1. The summed E-state index contributed by atoms with van der Waals surface area (Å²) < 4.78 is 0. The lowest BCUT2D eigenvalue weighted by atomic mass is 9.74. The Morgan fingerprint density at radius 2 is 2.22 bits per heavy atom. The summed E-state index contributed by atoms with van der Waals surface area (Å²) in [5.74, 6) is 5.29. The topological polar surface area (TPSA) is 67.2 Å². The third kappa shape index (κ3) is 2.44. The Kier molecular flexibility index (Phi) is 3.78. The highest BCUT2D eigenvalue weighted by molar-refractivity contribution is 6.31. The molecule has 0 heterocycles. The number of hydrazine groups is 1. The molecule has 0 radical (unpaired) electrons. The maximum Gasteiger partial charge on any atom is 0.253 e. The molecule has 1 aliphatic rings. The van der Waals surface area contributed by atoms with Crippen molar-refractivity contribution >= 4 is 23.2 Å². The standard InChI is InChI=1S/C13H18ClN3O/c1-2-13(6-3-7-13)16-12(18)10-8-9(14)4-5-11(10)17-15/h4-5,8,17H,2-3,6-7,15H2,1H3,(H,16,18). The molecule has 1 amide bonds. The van der Waals surface area contributed by atoms with Crippen molar-refractivity contribution in [1.82, 2.24) is 5.32 Å². The highest BCUT2D eigenvalue weighted by atomic mass is 35.5. The van der Waals surface area contributed by atoms with E-state index in [-0.39, 0.29) is 11.4 Å². The second-order valence-corrected chi connectivity index (χ2v) is 5.21. The van der Waals surface area contributed by atoms with E-state index in [0.29, 0.717) is 16.3 Å². The lowest BCUT2D eigenvalue weighted by molar-refractivity contribution is 0.0821. The Morgan fingerprint density at radius 1 is 1.50 bits per heavy atom. The fraction of sp³-hybridized carbons (Fsp3) is 0.462. The van der Waals surface area contributed by atoms with Crippen molar-refractivity contribution in [2.75, 3.05) is 5.43 Å². The summed E-state index contributed by atoms with van der Waals surface area (Å²) >= 11 is 5.92. The molecule has 2 rings (SSSR count). The predicted octanol–water partition coefficient (Wildman–Crippen LogP) is 2.69. The molecule has 4 N–H and O–H groups in total. The van der Waals surface area contributed by atoms with Crippen molar-refractivity contribution in [2.24, 2.45) is 5.84 Å². The zero-order chi connectivity index (χ0) is 13.2. The number of rotatable bonds is 4. The van der Waals surface area contributed by atoms with E-state index in [1.807, 2.05) is 0 Å². The van der Waals surface area contributed by atoms with Crippen LogP contribution in [-0.2, 0) is 0 Å². The van der Waals surface area contributed by atoms with Crippen LogP contribution in [0.5, 0.6) is 0 Å². The maximum absolute atomic E-state index is 12.3. The van der Waals surface area contributed by atoms with Crippen molar-refractivity contribution in [3.8, 4) is 0 Å². The first-order valence-corrected chi connectivity index (χ1v) is 6.57. The monoisotopic (exact) mass is 267 g/mol. The van der Waals surface area contributed by atoms with Gasteiger partial charge in [0.2, 0.25) is 0 Å². The van der Waals surface area contributed by atoms with Gasteiger partial charge >= 0.3 is 0 Å². The molecule has 1 aliphatic carbocycles. The Labute approximate surface area is 112 Å². The van der Waals surface area contributed by atoms with Gasteiger partial charge in [-0.3, -0.25) is 10.6 Å². The summed E-state index contributed by atoms with van der Waals surface area (Å²) in [7, 11) is 0. The number of carbonyl (C=O) groups is 1. The largest absolute Gasteiger partial charge is 0.347 e. The molecular weight excluding hydrogens is 250 g/mol. The zero-order valence-corrected chi connectivity index (χ0v) is 11.2. The van der Waals surface area contributed by atoms with Gasteiger partial charge in [0.05, 0.1) is 11.3 Å². The molecule has 0 atom stereocenters. The molecule has 1 aromatic carbocycles. The first-order valence-electron chi connectivity index (χ1n) is 6.19. The molecular formula is C13H18ClN3O. The van der Waals surface area contributed by atoms with Gasteiger partial charge in [-0.05, 0) is 43.9 Å². The van der Waals surface area contributed by atoms with Gasteiger partial charge in [0.15, 0.2) is 0 Å². The van der Waals surface area contributed by atoms with Crippen molar-refractivity contribution < 1.29 is 4.79 Å². The van der Waals surface area contributed by atoms with E-state index in [1.165, 1.54) is 6.42 Å². The molecule has 98 valence electrons. The van der Waals surface area contributed by atoms with E-state index in [9.17, 15) is 4.79 Å². The van der Waals surface area contributed by atoms with Crippen molar-refractivity contribution in [2.45, 2.75) is 38.1 Å². The van der Waals surface area contributed by atoms with E-state index in [0.717, 1.165) is 19.3 Å². The SMILES string of the molecule is CCC1(NC(=O)c2cc(Cl)ccc2NN)CCC1. The van der Waals surface area contributed by atoms with E-state index < -0.39 is 0 Å². The molecule has 1 fully saturated rings. The fourth-order valence-corrected chi connectivity index (χ4v) is 2.48. The molecule has 0 aromatic heterocycles. The molecule has 4 nitrogen and oxygen atoms in total. The molecule has 0 bridgehead atoms. The van der Waals surface area contributed by atoms with Crippen LogP contribution in [-0.4, -0.2) is 11.4 Å². The first kappa shape index (κ1) is 13.2. The molecule has 1 saturated carbocycles. The summed E-state index contributed by atoms with van der Waals surface area (Å²) in [6, 6.07) is 5.04. The van der Waals surface area contributed by atoms with Crippen molar-refractivity contribution in [3.05, 3.63) is 28.8 Å². The second-order valence-electron chi connectivity index (χ2n) is 4.78. The van der Waals surface area contributed by atoms with Crippen LogP contribution in [0.4, 0.5) is 5.69 Å². The van der Waals surface area contributed by atoms with Crippen LogP contribution in [0.1, 0.15) is 43.0 Å². The van der Waals surface area contributed by atoms with Crippen LogP contribution in [0.25, 0.3) is 0 Å². The normalized spacial score (nSPS) is 16.8. The number of benzene rings is 1. The minimum absolute atomic E-state index is 0.0364. The van der Waals surface area contributed by atoms with Gasteiger partial charge in [-0.15, -0.1) is 0 Å². The fourth-order valence-electron chi connectivity index (χ4n) is 2.31. The first-order chi connectivity index (χ1) is 8.60. The average molecular weight is 268 g/mol. The number of nitrogens with one attached hydrogen (secondary N) is 2. The van der Waals surface area contributed by atoms with Gasteiger partial charge in [0.1, 0.15) is 0 Å². The Hall–Kier alpha value is -1.26. The van der Waals surface area contributed by atoms with Crippen LogP contribution in [0.3, 0.4) is 0 Å². The van der Waals surface area contributed by atoms with Crippen LogP contribution in [0.2, 0.25) is 5.02 Å². The lowest BCUT2D eigenvalue weighted by Crippen LogP contribution is -2.53. The Bertz CT molecular complexity index is 452. The molecule has 18 heavy (non-hydrogen) atoms. The highest BCUT2D eigenvalue weighted by Crippen LogP contribution is 2.35. The summed E-state index contributed by atoms with van der Waals surface area (Å²) in [6.45, 7) is 2.10. The van der Waals surface area contributed by atoms with Crippen molar-refractivity contribution in [1.29, 1.82) is 0 Å². The minimum Gasteiger partial charge on any atom is -0.347 e. The summed E-state index contributed by atoms with van der Waals surface area (Å²) in [5.41, 5.74) is 3.56. The van der Waals surface area contributed by atoms with E-state index in [4.69, 9.17) is 17.4 Å². The molecule has 1 aromatic rings. The smallest absolute Gasteiger partial charge is 0.253 e. The molecule has 0 saturated heterocycles. The summed E-state index contributed by atoms with van der Waals surface area (Å²) in [6.07, 6.45) is 4.21. The quantitative estimate of drug-likeness (QED) is 0.580. The number of hydrogen-bond donors (Lipinski definition) is 3. The minimum atomic E-state index is -0.119. The van der Waals surface area contributed by atoms with Gasteiger partial charge < -0.3 is 10.7 Å². The average Bonchev–Trinajstić information content (AvgIpc) is 2.33. The van der Waals surface area contributed by atoms with E-state index in [2.05, 4.69) is 17.7 Å². The van der Waals surface area contributed by atoms with Crippen LogP contribution < -0.4 is 16.6 Å². The van der Waals surface area contributed by atoms with Crippen LogP contribution in [0.15, 0.2) is 18.2 Å².